The van der Waals surface area contributed by atoms with Crippen LogP contribution in [0.25, 0.3) is 0 Å². The Labute approximate surface area is 112 Å². The van der Waals surface area contributed by atoms with Gasteiger partial charge in [0.15, 0.2) is 0 Å². The van der Waals surface area contributed by atoms with Gasteiger partial charge < -0.3 is 5.32 Å². The first-order valence-corrected chi connectivity index (χ1v) is 6.53. The number of aromatic nitrogens is 3. The van der Waals surface area contributed by atoms with Crippen molar-refractivity contribution in [3.8, 4) is 0 Å². The second-order valence-electron chi connectivity index (χ2n) is 5.66. The zero-order valence-electron chi connectivity index (χ0n) is 11.4. The summed E-state index contributed by atoms with van der Waals surface area (Å²) < 4.78 is 26.1. The van der Waals surface area contributed by atoms with E-state index in [1.807, 2.05) is 7.05 Å². The molecule has 1 aromatic heterocycles. The molecule has 1 unspecified atom stereocenters. The minimum absolute atomic E-state index is 0.252. The molecular formula is C12H21F2N5. The summed E-state index contributed by atoms with van der Waals surface area (Å²) in [5.41, 5.74) is 0.252. The largest absolute Gasteiger partial charge is 0.316 e. The molecule has 0 amide bonds. The lowest BCUT2D eigenvalue weighted by Crippen LogP contribution is -2.35. The van der Waals surface area contributed by atoms with Crippen LogP contribution in [-0.2, 0) is 13.1 Å². The Bertz CT molecular complexity index is 401. The van der Waals surface area contributed by atoms with Crippen LogP contribution in [0.5, 0.6) is 0 Å². The van der Waals surface area contributed by atoms with E-state index in [1.54, 1.807) is 0 Å². The molecule has 1 atom stereocenters. The van der Waals surface area contributed by atoms with Crippen molar-refractivity contribution >= 4 is 0 Å². The molecule has 0 aliphatic carbocycles. The Balaban J connectivity index is 1.91. The maximum absolute atomic E-state index is 12.4. The van der Waals surface area contributed by atoms with E-state index in [0.29, 0.717) is 12.4 Å². The minimum atomic E-state index is -2.40. The fraction of sp³-hybridized carbons (Fsp3) is 0.833. The maximum atomic E-state index is 12.4. The molecule has 1 saturated heterocycles. The monoisotopic (exact) mass is 273 g/mol. The van der Waals surface area contributed by atoms with E-state index in [-0.39, 0.29) is 12.0 Å². The average Bonchev–Trinajstić information content (AvgIpc) is 2.88. The van der Waals surface area contributed by atoms with Crippen LogP contribution in [-0.4, -0.2) is 52.8 Å². The third kappa shape index (κ3) is 3.94. The Hall–Kier alpha value is -1.08. The molecule has 2 heterocycles. The molecule has 7 heteroatoms. The summed E-state index contributed by atoms with van der Waals surface area (Å²) in [6, 6.07) is 0. The molecule has 0 saturated carbocycles. The number of nitrogens with zero attached hydrogens (tertiary/aromatic N) is 4. The Morgan fingerprint density at radius 2 is 2.37 bits per heavy atom. The molecule has 0 aromatic carbocycles. The molecule has 1 aliphatic rings. The lowest BCUT2D eigenvalue weighted by molar-refractivity contribution is 0.117. The van der Waals surface area contributed by atoms with Crippen LogP contribution in [0.15, 0.2) is 6.33 Å². The highest BCUT2D eigenvalue weighted by molar-refractivity contribution is 4.89. The molecule has 1 aromatic rings. The SMILES string of the molecule is CN(Cc1ncnn1CC(F)F)CC1(C)CCNC1. The normalized spacial score (nSPS) is 23.7. The van der Waals surface area contributed by atoms with E-state index >= 15 is 0 Å². The van der Waals surface area contributed by atoms with Gasteiger partial charge in [-0.3, -0.25) is 4.90 Å². The summed E-state index contributed by atoms with van der Waals surface area (Å²) in [6.45, 7) is 5.37. The van der Waals surface area contributed by atoms with Crippen LogP contribution in [0, 0.1) is 5.41 Å². The van der Waals surface area contributed by atoms with Crippen molar-refractivity contribution in [3.05, 3.63) is 12.2 Å². The second-order valence-corrected chi connectivity index (χ2v) is 5.66. The van der Waals surface area contributed by atoms with Crippen LogP contribution in [0.1, 0.15) is 19.2 Å². The van der Waals surface area contributed by atoms with Crippen LogP contribution in [0.2, 0.25) is 0 Å². The quantitative estimate of drug-likeness (QED) is 0.839. The van der Waals surface area contributed by atoms with E-state index in [1.165, 1.54) is 11.0 Å². The molecule has 5 nitrogen and oxygen atoms in total. The standard InChI is InChI=1S/C12H21F2N5/c1-12(3-4-15-7-12)8-18(2)6-11-16-9-17-19(11)5-10(13)14/h9-10,15H,3-8H2,1-2H3. The van der Waals surface area contributed by atoms with Gasteiger partial charge in [0.1, 0.15) is 18.7 Å². The van der Waals surface area contributed by atoms with Gasteiger partial charge in [0.2, 0.25) is 0 Å². The van der Waals surface area contributed by atoms with E-state index in [2.05, 4.69) is 27.2 Å². The molecule has 0 radical (unpaired) electrons. The maximum Gasteiger partial charge on any atom is 0.257 e. The van der Waals surface area contributed by atoms with Crippen LogP contribution < -0.4 is 5.32 Å². The van der Waals surface area contributed by atoms with Gasteiger partial charge in [-0.2, -0.15) is 5.10 Å². The molecule has 108 valence electrons. The summed E-state index contributed by atoms with van der Waals surface area (Å²) in [5, 5.41) is 7.20. The second kappa shape index (κ2) is 5.92. The third-order valence-electron chi connectivity index (χ3n) is 3.53. The summed E-state index contributed by atoms with van der Waals surface area (Å²) in [6.07, 6.45) is 0.0770. The first kappa shape index (κ1) is 14.3. The molecule has 1 N–H and O–H groups in total. The number of rotatable bonds is 6. The Morgan fingerprint density at radius 3 is 3.00 bits per heavy atom. The summed E-state index contributed by atoms with van der Waals surface area (Å²) in [7, 11) is 1.99. The van der Waals surface area contributed by atoms with E-state index in [4.69, 9.17) is 0 Å². The van der Waals surface area contributed by atoms with Crippen molar-refractivity contribution in [1.29, 1.82) is 0 Å². The molecule has 1 fully saturated rings. The zero-order valence-corrected chi connectivity index (χ0v) is 11.4. The van der Waals surface area contributed by atoms with Crippen LogP contribution in [0.4, 0.5) is 8.78 Å². The predicted octanol–water partition coefficient (Wildman–Crippen LogP) is 0.975. The molecule has 19 heavy (non-hydrogen) atoms. The van der Waals surface area contributed by atoms with Gasteiger partial charge in [0, 0.05) is 13.1 Å². The third-order valence-corrected chi connectivity index (χ3v) is 3.53. The Morgan fingerprint density at radius 1 is 1.58 bits per heavy atom. The van der Waals surface area contributed by atoms with Crippen molar-refractivity contribution < 1.29 is 8.78 Å². The molecular weight excluding hydrogens is 252 g/mol. The van der Waals surface area contributed by atoms with Crippen molar-refractivity contribution in [2.24, 2.45) is 5.41 Å². The highest BCUT2D eigenvalue weighted by Crippen LogP contribution is 2.25. The number of nitrogens with one attached hydrogen (secondary N) is 1. The van der Waals surface area contributed by atoms with Gasteiger partial charge in [-0.1, -0.05) is 6.92 Å². The number of hydrogen-bond donors (Lipinski definition) is 1. The van der Waals surface area contributed by atoms with Crippen molar-refractivity contribution in [1.82, 2.24) is 25.0 Å². The first-order chi connectivity index (χ1) is 8.98. The van der Waals surface area contributed by atoms with Gasteiger partial charge >= 0.3 is 0 Å². The minimum Gasteiger partial charge on any atom is -0.316 e. The highest BCUT2D eigenvalue weighted by atomic mass is 19.3. The van der Waals surface area contributed by atoms with Crippen LogP contribution in [0.3, 0.4) is 0 Å². The van der Waals surface area contributed by atoms with E-state index in [9.17, 15) is 8.78 Å². The van der Waals surface area contributed by atoms with E-state index < -0.39 is 6.43 Å². The fourth-order valence-corrected chi connectivity index (χ4v) is 2.65. The highest BCUT2D eigenvalue weighted by Gasteiger charge is 2.30. The van der Waals surface area contributed by atoms with Gasteiger partial charge in [-0.15, -0.1) is 0 Å². The molecule has 0 spiro atoms. The summed E-state index contributed by atoms with van der Waals surface area (Å²) in [4.78, 5) is 6.19. The fourth-order valence-electron chi connectivity index (χ4n) is 2.65. The van der Waals surface area contributed by atoms with Crippen molar-refractivity contribution in [2.75, 3.05) is 26.7 Å². The Kier molecular flexibility index (Phi) is 4.46. The van der Waals surface area contributed by atoms with E-state index in [0.717, 1.165) is 26.1 Å². The smallest absolute Gasteiger partial charge is 0.257 e. The predicted molar refractivity (Wildman–Crippen MR) is 68.0 cm³/mol. The number of hydrogen-bond acceptors (Lipinski definition) is 4. The first-order valence-electron chi connectivity index (χ1n) is 6.53. The summed E-state index contributed by atoms with van der Waals surface area (Å²) in [5.74, 6) is 0.595. The topological polar surface area (TPSA) is 46.0 Å². The van der Waals surface area contributed by atoms with Gasteiger partial charge in [-0.05, 0) is 25.4 Å². The lowest BCUT2D eigenvalue weighted by Gasteiger charge is -2.28. The van der Waals surface area contributed by atoms with Crippen molar-refractivity contribution in [2.45, 2.75) is 32.9 Å². The average molecular weight is 273 g/mol. The molecule has 0 bridgehead atoms. The van der Waals surface area contributed by atoms with Crippen LogP contribution >= 0.6 is 0 Å². The van der Waals surface area contributed by atoms with Gasteiger partial charge in [0.25, 0.3) is 6.43 Å². The van der Waals surface area contributed by atoms with Gasteiger partial charge in [-0.25, -0.2) is 18.4 Å². The lowest BCUT2D eigenvalue weighted by atomic mass is 9.89. The zero-order chi connectivity index (χ0) is 13.9. The van der Waals surface area contributed by atoms with Crippen molar-refractivity contribution in [3.63, 3.8) is 0 Å². The number of alkyl halides is 2. The molecule has 2 rings (SSSR count). The van der Waals surface area contributed by atoms with Gasteiger partial charge in [0.05, 0.1) is 6.54 Å². The number of halogens is 2. The molecule has 1 aliphatic heterocycles. The summed E-state index contributed by atoms with van der Waals surface area (Å²) >= 11 is 0.